The summed E-state index contributed by atoms with van der Waals surface area (Å²) >= 11 is 5.78. The van der Waals surface area contributed by atoms with Gasteiger partial charge < -0.3 is 10.9 Å². The summed E-state index contributed by atoms with van der Waals surface area (Å²) in [5, 5.41) is 21.1. The first kappa shape index (κ1) is 11.2. The number of nitrogen functional groups attached to an aromatic ring is 1. The fraction of sp³-hybridized carbons (Fsp3) is 0. The molecule has 17 heavy (non-hydrogen) atoms. The largest absolute Gasteiger partial charge is 0.507 e. The van der Waals surface area contributed by atoms with Crippen LogP contribution in [0.4, 0.5) is 5.95 Å². The van der Waals surface area contributed by atoms with Crippen LogP contribution in [0.15, 0.2) is 29.6 Å². The van der Waals surface area contributed by atoms with E-state index in [1.54, 1.807) is 12.1 Å². The number of halogens is 1. The third-order valence-corrected chi connectivity index (χ3v) is 2.17. The molecule has 0 unspecified atom stereocenters. The smallest absolute Gasteiger partial charge is 0.263 e. The molecule has 4 N–H and O–H groups in total. The molecule has 1 heterocycles. The van der Waals surface area contributed by atoms with Crippen LogP contribution in [0.25, 0.3) is 0 Å². The van der Waals surface area contributed by atoms with Crippen molar-refractivity contribution < 1.29 is 5.11 Å². The predicted molar refractivity (Wildman–Crippen MR) is 64.5 cm³/mol. The van der Waals surface area contributed by atoms with E-state index in [4.69, 9.17) is 17.4 Å². The van der Waals surface area contributed by atoms with Crippen LogP contribution in [0.3, 0.4) is 0 Å². The molecule has 0 aliphatic carbocycles. The van der Waals surface area contributed by atoms with E-state index in [1.165, 1.54) is 23.3 Å². The molecule has 88 valence electrons. The molecule has 0 radical (unpaired) electrons. The predicted octanol–water partition coefficient (Wildman–Crippen LogP) is 0.797. The highest BCUT2D eigenvalue weighted by molar-refractivity contribution is 6.30. The monoisotopic (exact) mass is 252 g/mol. The van der Waals surface area contributed by atoms with Crippen molar-refractivity contribution in [2.75, 3.05) is 11.3 Å². The fourth-order valence-corrected chi connectivity index (χ4v) is 1.29. The lowest BCUT2D eigenvalue weighted by atomic mass is 10.2. The Morgan fingerprint density at radius 3 is 3.06 bits per heavy atom. The summed E-state index contributed by atoms with van der Waals surface area (Å²) in [6, 6.07) is 4.64. The van der Waals surface area contributed by atoms with Crippen LogP contribution < -0.4 is 11.3 Å². The molecule has 0 aliphatic rings. The number of phenols is 1. The molecule has 0 fully saturated rings. The fourth-order valence-electron chi connectivity index (χ4n) is 1.11. The Kier molecular flexibility index (Phi) is 3.10. The van der Waals surface area contributed by atoms with E-state index >= 15 is 0 Å². The van der Waals surface area contributed by atoms with Gasteiger partial charge in [0.25, 0.3) is 5.95 Å². The van der Waals surface area contributed by atoms with Gasteiger partial charge in [-0.2, -0.15) is 5.10 Å². The van der Waals surface area contributed by atoms with Crippen molar-refractivity contribution in [3.63, 3.8) is 0 Å². The van der Waals surface area contributed by atoms with Gasteiger partial charge in [0.15, 0.2) is 0 Å². The molecule has 0 aliphatic heterocycles. The van der Waals surface area contributed by atoms with Crippen LogP contribution in [-0.2, 0) is 0 Å². The van der Waals surface area contributed by atoms with E-state index < -0.39 is 0 Å². The van der Waals surface area contributed by atoms with Gasteiger partial charge >= 0.3 is 0 Å². The van der Waals surface area contributed by atoms with Crippen molar-refractivity contribution in [3.8, 4) is 5.75 Å². The summed E-state index contributed by atoms with van der Waals surface area (Å²) in [5.74, 6) is 5.82. The van der Waals surface area contributed by atoms with Crippen molar-refractivity contribution in [2.45, 2.75) is 0 Å². The maximum Gasteiger partial charge on any atom is 0.263 e. The molecular formula is C9H9ClN6O. The van der Waals surface area contributed by atoms with Crippen LogP contribution in [0.2, 0.25) is 5.02 Å². The summed E-state index contributed by atoms with van der Waals surface area (Å²) in [6.07, 6.45) is 2.73. The average molecular weight is 253 g/mol. The second-order valence-electron chi connectivity index (χ2n) is 3.13. The SMILES string of the molecule is Nn1cnnc1N/N=C\c1cc(Cl)ccc1O. The highest BCUT2D eigenvalue weighted by atomic mass is 35.5. The third-order valence-electron chi connectivity index (χ3n) is 1.93. The van der Waals surface area contributed by atoms with Gasteiger partial charge in [0.2, 0.25) is 0 Å². The number of phenolic OH excluding ortho intramolecular Hbond substituents is 1. The number of hydrogen-bond acceptors (Lipinski definition) is 6. The number of nitrogens with two attached hydrogens (primary N) is 1. The molecule has 1 aromatic carbocycles. The normalized spacial score (nSPS) is 10.9. The van der Waals surface area contributed by atoms with Gasteiger partial charge in [0, 0.05) is 10.6 Å². The number of rotatable bonds is 3. The van der Waals surface area contributed by atoms with Crippen molar-refractivity contribution in [1.82, 2.24) is 14.9 Å². The summed E-state index contributed by atoms with van der Waals surface area (Å²) < 4.78 is 1.18. The van der Waals surface area contributed by atoms with Gasteiger partial charge in [0.05, 0.1) is 6.21 Å². The zero-order valence-electron chi connectivity index (χ0n) is 8.58. The van der Waals surface area contributed by atoms with Gasteiger partial charge in [-0.05, 0) is 18.2 Å². The van der Waals surface area contributed by atoms with Crippen LogP contribution in [0.5, 0.6) is 5.75 Å². The quantitative estimate of drug-likeness (QED) is 0.426. The molecule has 2 aromatic rings. The van der Waals surface area contributed by atoms with Crippen LogP contribution in [0, 0.1) is 0 Å². The number of nitrogens with one attached hydrogen (secondary N) is 1. The van der Waals surface area contributed by atoms with Gasteiger partial charge in [-0.25, -0.2) is 10.1 Å². The van der Waals surface area contributed by atoms with Crippen molar-refractivity contribution in [2.24, 2.45) is 5.10 Å². The number of anilines is 1. The minimum absolute atomic E-state index is 0.0779. The Balaban J connectivity index is 2.10. The number of aromatic hydroxyl groups is 1. The Labute approximate surface area is 102 Å². The minimum atomic E-state index is 0.0779. The Hall–Kier alpha value is -2.28. The molecule has 0 bridgehead atoms. The maximum atomic E-state index is 9.51. The summed E-state index contributed by atoms with van der Waals surface area (Å²) in [5.41, 5.74) is 3.05. The molecule has 0 atom stereocenters. The molecule has 7 nitrogen and oxygen atoms in total. The Morgan fingerprint density at radius 2 is 2.35 bits per heavy atom. The van der Waals surface area contributed by atoms with E-state index in [0.29, 0.717) is 10.6 Å². The molecule has 0 amide bonds. The number of hydrazone groups is 1. The highest BCUT2D eigenvalue weighted by Crippen LogP contribution is 2.19. The van der Waals surface area contributed by atoms with Gasteiger partial charge in [-0.3, -0.25) is 0 Å². The molecular weight excluding hydrogens is 244 g/mol. The summed E-state index contributed by atoms with van der Waals surface area (Å²) in [6.45, 7) is 0. The first-order valence-corrected chi connectivity index (χ1v) is 4.97. The van der Waals surface area contributed by atoms with E-state index in [0.717, 1.165) is 0 Å². The molecule has 0 saturated carbocycles. The van der Waals surface area contributed by atoms with E-state index in [-0.39, 0.29) is 11.7 Å². The van der Waals surface area contributed by atoms with Crippen molar-refractivity contribution in [3.05, 3.63) is 35.1 Å². The van der Waals surface area contributed by atoms with Gasteiger partial charge in [0.1, 0.15) is 12.1 Å². The van der Waals surface area contributed by atoms with E-state index in [1.807, 2.05) is 0 Å². The van der Waals surface area contributed by atoms with Crippen LogP contribution >= 0.6 is 11.6 Å². The lowest BCUT2D eigenvalue weighted by Gasteiger charge is -2.00. The number of benzene rings is 1. The summed E-state index contributed by atoms with van der Waals surface area (Å²) in [4.78, 5) is 0. The maximum absolute atomic E-state index is 9.51. The first-order chi connectivity index (χ1) is 8.16. The molecule has 1 aromatic heterocycles. The molecule has 0 saturated heterocycles. The highest BCUT2D eigenvalue weighted by Gasteiger charge is 2.00. The average Bonchev–Trinajstić information content (AvgIpc) is 2.70. The third kappa shape index (κ3) is 2.64. The standard InChI is InChI=1S/C9H9ClN6O/c10-7-1-2-8(17)6(3-7)4-12-14-9-15-13-5-16(9)11/h1-5,17H,11H2,(H,14,15)/b12-4-. The van der Waals surface area contributed by atoms with Gasteiger partial charge in [-0.1, -0.05) is 11.6 Å². The molecule has 2 rings (SSSR count). The number of nitrogens with zero attached hydrogens (tertiary/aromatic N) is 4. The Bertz CT molecular complexity index is 552. The van der Waals surface area contributed by atoms with Crippen molar-refractivity contribution in [1.29, 1.82) is 0 Å². The summed E-state index contributed by atoms with van der Waals surface area (Å²) in [7, 11) is 0. The second kappa shape index (κ2) is 4.71. The van der Waals surface area contributed by atoms with Crippen LogP contribution in [-0.4, -0.2) is 26.2 Å². The lowest BCUT2D eigenvalue weighted by molar-refractivity contribution is 0.474. The molecule has 8 heteroatoms. The first-order valence-electron chi connectivity index (χ1n) is 4.59. The van der Waals surface area contributed by atoms with Crippen molar-refractivity contribution >= 4 is 23.8 Å². The second-order valence-corrected chi connectivity index (χ2v) is 3.57. The lowest BCUT2D eigenvalue weighted by Crippen LogP contribution is -2.10. The minimum Gasteiger partial charge on any atom is -0.507 e. The zero-order valence-corrected chi connectivity index (χ0v) is 9.33. The van der Waals surface area contributed by atoms with E-state index in [2.05, 4.69) is 20.7 Å². The topological polar surface area (TPSA) is 101 Å². The van der Waals surface area contributed by atoms with E-state index in [9.17, 15) is 5.11 Å². The van der Waals surface area contributed by atoms with Gasteiger partial charge in [-0.15, -0.1) is 10.2 Å². The molecule has 0 spiro atoms. The number of aromatic nitrogens is 3. The zero-order chi connectivity index (χ0) is 12.3. The van der Waals surface area contributed by atoms with Crippen LogP contribution in [0.1, 0.15) is 5.56 Å². The number of hydrogen-bond donors (Lipinski definition) is 3. The Morgan fingerprint density at radius 1 is 1.53 bits per heavy atom.